The minimum absolute atomic E-state index is 0.301. The van der Waals surface area contributed by atoms with Gasteiger partial charge in [-0.3, -0.25) is 14.7 Å². The van der Waals surface area contributed by atoms with Crippen LogP contribution in [-0.4, -0.2) is 33.5 Å². The van der Waals surface area contributed by atoms with Gasteiger partial charge in [0.05, 0.1) is 11.7 Å². The van der Waals surface area contributed by atoms with Gasteiger partial charge in [0.2, 0.25) is 0 Å². The predicted molar refractivity (Wildman–Crippen MR) is 89.9 cm³/mol. The summed E-state index contributed by atoms with van der Waals surface area (Å²) < 4.78 is 0. The summed E-state index contributed by atoms with van der Waals surface area (Å²) in [5, 5.41) is 10.6. The first kappa shape index (κ1) is 16.2. The average Bonchev–Trinajstić information content (AvgIpc) is 3.00. The molecule has 0 saturated carbocycles. The van der Waals surface area contributed by atoms with E-state index in [9.17, 15) is 9.90 Å². The molecule has 4 nitrogen and oxygen atoms in total. The number of aromatic nitrogens is 1. The van der Waals surface area contributed by atoms with Gasteiger partial charge in [-0.15, -0.1) is 0 Å². The highest BCUT2D eigenvalue weighted by Gasteiger charge is 2.38. The molecular formula is C17H16Cl2N2O2. The summed E-state index contributed by atoms with van der Waals surface area (Å²) in [5.41, 5.74) is 1.60. The van der Waals surface area contributed by atoms with Crippen molar-refractivity contribution in [2.75, 3.05) is 6.54 Å². The maximum Gasteiger partial charge on any atom is 0.320 e. The molecule has 0 spiro atoms. The van der Waals surface area contributed by atoms with Gasteiger partial charge in [-0.2, -0.15) is 0 Å². The Hall–Kier alpha value is -1.62. The number of rotatable bonds is 4. The Bertz CT molecular complexity index is 709. The van der Waals surface area contributed by atoms with Gasteiger partial charge in [-0.05, 0) is 42.7 Å². The third-order valence-corrected chi connectivity index (χ3v) is 4.70. The zero-order chi connectivity index (χ0) is 16.4. The zero-order valence-electron chi connectivity index (χ0n) is 12.3. The summed E-state index contributed by atoms with van der Waals surface area (Å²) in [6.07, 6.45) is 3.17. The SMILES string of the molecule is O=C(O)C1CCCN1C(c1ccccn1)c1ccc(Cl)cc1Cl. The lowest BCUT2D eigenvalue weighted by atomic mass is 10.00. The normalized spacial score (nSPS) is 19.7. The number of carbonyl (C=O) groups is 1. The van der Waals surface area contributed by atoms with Crippen LogP contribution < -0.4 is 0 Å². The second-order valence-electron chi connectivity index (χ2n) is 5.56. The van der Waals surface area contributed by atoms with Gasteiger partial charge < -0.3 is 5.11 Å². The molecule has 23 heavy (non-hydrogen) atoms. The molecule has 0 aliphatic carbocycles. The van der Waals surface area contributed by atoms with E-state index in [1.807, 2.05) is 29.2 Å². The molecule has 120 valence electrons. The molecule has 6 heteroatoms. The van der Waals surface area contributed by atoms with Crippen molar-refractivity contribution in [1.29, 1.82) is 0 Å². The van der Waals surface area contributed by atoms with E-state index in [0.717, 1.165) is 17.7 Å². The molecule has 1 aliphatic rings. The number of carboxylic acid groups (broad SMARTS) is 1. The Balaban J connectivity index is 2.09. The Kier molecular flexibility index (Phi) is 4.85. The van der Waals surface area contributed by atoms with Gasteiger partial charge in [0, 0.05) is 22.8 Å². The molecular weight excluding hydrogens is 335 g/mol. The lowest BCUT2D eigenvalue weighted by Gasteiger charge is -2.31. The van der Waals surface area contributed by atoms with E-state index in [-0.39, 0.29) is 6.04 Å². The van der Waals surface area contributed by atoms with Crippen LogP contribution in [0.2, 0.25) is 10.0 Å². The van der Waals surface area contributed by atoms with Crippen LogP contribution in [0.1, 0.15) is 30.1 Å². The summed E-state index contributed by atoms with van der Waals surface area (Å²) in [7, 11) is 0. The fourth-order valence-corrected chi connectivity index (χ4v) is 3.64. The van der Waals surface area contributed by atoms with Crippen LogP contribution in [-0.2, 0) is 4.79 Å². The topological polar surface area (TPSA) is 53.4 Å². The number of aliphatic carboxylic acids is 1. The van der Waals surface area contributed by atoms with E-state index in [1.165, 1.54) is 0 Å². The van der Waals surface area contributed by atoms with Crippen LogP contribution in [0.5, 0.6) is 0 Å². The van der Waals surface area contributed by atoms with Gasteiger partial charge in [-0.1, -0.05) is 35.3 Å². The summed E-state index contributed by atoms with van der Waals surface area (Å²) in [6, 6.07) is 10.1. The quantitative estimate of drug-likeness (QED) is 0.904. The number of benzene rings is 1. The van der Waals surface area contributed by atoms with E-state index in [4.69, 9.17) is 23.2 Å². The number of hydrogen-bond acceptors (Lipinski definition) is 3. The maximum atomic E-state index is 11.6. The van der Waals surface area contributed by atoms with Gasteiger partial charge in [-0.25, -0.2) is 0 Å². The lowest BCUT2D eigenvalue weighted by molar-refractivity contribution is -0.142. The lowest BCUT2D eigenvalue weighted by Crippen LogP contribution is -2.39. The number of halogens is 2. The van der Waals surface area contributed by atoms with Crippen molar-refractivity contribution in [1.82, 2.24) is 9.88 Å². The van der Waals surface area contributed by atoms with E-state index >= 15 is 0 Å². The molecule has 1 aromatic carbocycles. The molecule has 2 aromatic rings. The monoisotopic (exact) mass is 350 g/mol. The number of hydrogen-bond donors (Lipinski definition) is 1. The summed E-state index contributed by atoms with van der Waals surface area (Å²) in [6.45, 7) is 0.692. The zero-order valence-corrected chi connectivity index (χ0v) is 13.8. The summed E-state index contributed by atoms with van der Waals surface area (Å²) in [4.78, 5) is 18.0. The number of nitrogens with zero attached hydrogens (tertiary/aromatic N) is 2. The van der Waals surface area contributed by atoms with Crippen molar-refractivity contribution >= 4 is 29.2 Å². The van der Waals surface area contributed by atoms with Gasteiger partial charge in [0.15, 0.2) is 0 Å². The van der Waals surface area contributed by atoms with Crippen LogP contribution in [0.3, 0.4) is 0 Å². The highest BCUT2D eigenvalue weighted by atomic mass is 35.5. The predicted octanol–water partition coefficient (Wildman–Crippen LogP) is 4.03. The van der Waals surface area contributed by atoms with Gasteiger partial charge in [0.1, 0.15) is 6.04 Å². The molecule has 0 bridgehead atoms. The van der Waals surface area contributed by atoms with Gasteiger partial charge in [0.25, 0.3) is 0 Å². The molecule has 3 rings (SSSR count). The van der Waals surface area contributed by atoms with Crippen LogP contribution in [0.25, 0.3) is 0 Å². The van der Waals surface area contributed by atoms with Crippen molar-refractivity contribution in [3.05, 3.63) is 63.9 Å². The average molecular weight is 351 g/mol. The standard InChI is InChI=1S/C17H16Cl2N2O2/c18-11-6-7-12(13(19)10-11)16(14-4-1-2-8-20-14)21-9-3-5-15(21)17(22)23/h1-2,4,6-8,10,15-16H,3,5,9H2,(H,22,23). The highest BCUT2D eigenvalue weighted by molar-refractivity contribution is 6.35. The molecule has 1 aromatic heterocycles. The molecule has 1 N–H and O–H groups in total. The van der Waals surface area contributed by atoms with Crippen molar-refractivity contribution in [3.8, 4) is 0 Å². The highest BCUT2D eigenvalue weighted by Crippen LogP contribution is 2.37. The molecule has 2 atom stereocenters. The first-order valence-electron chi connectivity index (χ1n) is 7.42. The largest absolute Gasteiger partial charge is 0.480 e. The van der Waals surface area contributed by atoms with Crippen LogP contribution >= 0.6 is 23.2 Å². The van der Waals surface area contributed by atoms with Gasteiger partial charge >= 0.3 is 5.97 Å². The molecule has 1 fully saturated rings. The van der Waals surface area contributed by atoms with Crippen molar-refractivity contribution in [2.45, 2.75) is 24.9 Å². The Labute approximate surface area is 144 Å². The smallest absolute Gasteiger partial charge is 0.320 e. The number of carboxylic acids is 1. The minimum atomic E-state index is -0.812. The molecule has 1 saturated heterocycles. The van der Waals surface area contributed by atoms with E-state index in [2.05, 4.69) is 4.98 Å². The third-order valence-electron chi connectivity index (χ3n) is 4.14. The van der Waals surface area contributed by atoms with Crippen LogP contribution in [0.4, 0.5) is 0 Å². The molecule has 0 amide bonds. The van der Waals surface area contributed by atoms with Crippen molar-refractivity contribution in [2.24, 2.45) is 0 Å². The first-order chi connectivity index (χ1) is 11.1. The summed E-state index contributed by atoms with van der Waals surface area (Å²) >= 11 is 12.4. The summed E-state index contributed by atoms with van der Waals surface area (Å²) in [5.74, 6) is -0.812. The Morgan fingerprint density at radius 1 is 1.30 bits per heavy atom. The second kappa shape index (κ2) is 6.87. The van der Waals surface area contributed by atoms with Crippen molar-refractivity contribution in [3.63, 3.8) is 0 Å². The van der Waals surface area contributed by atoms with E-state index in [1.54, 1.807) is 18.3 Å². The third kappa shape index (κ3) is 3.34. The molecule has 1 aliphatic heterocycles. The first-order valence-corrected chi connectivity index (χ1v) is 8.18. The fraction of sp³-hybridized carbons (Fsp3) is 0.294. The fourth-order valence-electron chi connectivity index (χ4n) is 3.13. The molecule has 2 heterocycles. The Morgan fingerprint density at radius 2 is 2.13 bits per heavy atom. The van der Waals surface area contributed by atoms with Crippen LogP contribution in [0.15, 0.2) is 42.6 Å². The van der Waals surface area contributed by atoms with Crippen molar-refractivity contribution < 1.29 is 9.90 Å². The number of pyridine rings is 1. The maximum absolute atomic E-state index is 11.6. The Morgan fingerprint density at radius 3 is 2.78 bits per heavy atom. The minimum Gasteiger partial charge on any atom is -0.480 e. The van der Waals surface area contributed by atoms with E-state index < -0.39 is 12.0 Å². The van der Waals surface area contributed by atoms with Crippen LogP contribution in [0, 0.1) is 0 Å². The molecule has 0 radical (unpaired) electrons. The van der Waals surface area contributed by atoms with E-state index in [0.29, 0.717) is 23.0 Å². The second-order valence-corrected chi connectivity index (χ2v) is 6.40. The molecule has 2 unspecified atom stereocenters. The number of likely N-dealkylation sites (tertiary alicyclic amines) is 1.